The van der Waals surface area contributed by atoms with E-state index < -0.39 is 111 Å². The summed E-state index contributed by atoms with van der Waals surface area (Å²) in [5, 5.41) is 36.1. The molecule has 0 saturated heterocycles. The number of nitrogens with one attached hydrogen (secondary N) is 1. The van der Waals surface area contributed by atoms with Gasteiger partial charge in [0, 0.05) is 41.0 Å². The smallest absolute Gasteiger partial charge is 0.655 e. The molecular formula is C36H32CuFN8O15S4. The summed E-state index contributed by atoms with van der Waals surface area (Å²) in [6.45, 7) is 0.471. The topological polar surface area (TPSA) is 349 Å². The number of benzene rings is 5. The van der Waals surface area contributed by atoms with Crippen molar-refractivity contribution in [3.05, 3.63) is 95.3 Å². The van der Waals surface area contributed by atoms with Gasteiger partial charge in [-0.3, -0.25) is 17.8 Å². The molecule has 5 aromatic carbocycles. The fraction of sp³-hybridized carbons (Fsp3) is 0.167. The SMILES string of the molecule is Cc1cc([N-]c2ccccc2C(=O)O)c(N=Nc2cc(S(=O)(=O)O)c3cc(Nc4nc(F)nc(N(C)CCS(=O)OCCOS(=O)(=O)O)n4)cc(S(=O)(=O)O)c3c2O)c2ccccc12.[Cu+]. The number of rotatable bonds is 18. The third kappa shape index (κ3) is 12.3. The predicted octanol–water partition coefficient (Wildman–Crippen LogP) is 5.95. The van der Waals surface area contributed by atoms with Crippen molar-refractivity contribution in [2.45, 2.75) is 16.7 Å². The number of azo groups is 1. The minimum absolute atomic E-state index is 0. The van der Waals surface area contributed by atoms with Crippen molar-refractivity contribution in [1.29, 1.82) is 0 Å². The Morgan fingerprint density at radius 2 is 1.52 bits per heavy atom. The van der Waals surface area contributed by atoms with Gasteiger partial charge in [-0.25, -0.2) is 13.2 Å². The summed E-state index contributed by atoms with van der Waals surface area (Å²) in [7, 11) is -14.1. The number of nitrogens with zero attached hydrogens (tertiary/aromatic N) is 7. The molecule has 1 aromatic heterocycles. The van der Waals surface area contributed by atoms with E-state index in [1.54, 1.807) is 43.3 Å². The van der Waals surface area contributed by atoms with Crippen molar-refractivity contribution in [3.63, 3.8) is 0 Å². The number of aromatic nitrogens is 3. The Morgan fingerprint density at radius 3 is 2.18 bits per heavy atom. The molecule has 0 bridgehead atoms. The Labute approximate surface area is 381 Å². The van der Waals surface area contributed by atoms with Crippen molar-refractivity contribution >= 4 is 110 Å². The summed E-state index contributed by atoms with van der Waals surface area (Å²) >= 11 is -2.04. The van der Waals surface area contributed by atoms with Gasteiger partial charge in [-0.2, -0.15) is 49.7 Å². The van der Waals surface area contributed by atoms with Crippen molar-refractivity contribution in [2.75, 3.05) is 42.8 Å². The summed E-state index contributed by atoms with van der Waals surface area (Å²) in [5.41, 5.74) is -0.476. The third-order valence-electron chi connectivity index (χ3n) is 8.82. The molecule has 0 saturated carbocycles. The molecule has 0 radical (unpaired) electrons. The number of halogens is 1. The average molecular weight is 1030 g/mol. The number of carboxylic acids is 1. The van der Waals surface area contributed by atoms with Crippen LogP contribution in [-0.4, -0.2) is 107 Å². The zero-order chi connectivity index (χ0) is 46.7. The van der Waals surface area contributed by atoms with Gasteiger partial charge in [0.15, 0.2) is 16.8 Å². The number of aromatic hydroxyl groups is 1. The van der Waals surface area contributed by atoms with Crippen LogP contribution in [0.5, 0.6) is 5.75 Å². The van der Waals surface area contributed by atoms with Gasteiger partial charge in [0.05, 0.1) is 24.7 Å². The third-order valence-corrected chi connectivity index (χ3v) is 12.0. The fourth-order valence-electron chi connectivity index (χ4n) is 6.05. The molecule has 6 N–H and O–H groups in total. The number of carboxylic acid groups (broad SMARTS) is 1. The Hall–Kier alpha value is -5.85. The first kappa shape index (κ1) is 50.2. The van der Waals surface area contributed by atoms with Crippen LogP contribution in [0.1, 0.15) is 15.9 Å². The zero-order valence-electron chi connectivity index (χ0n) is 33.0. The predicted molar refractivity (Wildman–Crippen MR) is 227 cm³/mol. The minimum atomic E-state index is -5.40. The number of anilines is 3. The molecule has 65 heavy (non-hydrogen) atoms. The van der Waals surface area contributed by atoms with Gasteiger partial charge >= 0.3 is 39.5 Å². The minimum Gasteiger partial charge on any atom is -0.655 e. The molecular weight excluding hydrogens is 995 g/mol. The van der Waals surface area contributed by atoms with E-state index in [-0.39, 0.29) is 57.9 Å². The number of hydrogen-bond donors (Lipinski definition) is 6. The summed E-state index contributed by atoms with van der Waals surface area (Å²) < 4.78 is 138. The molecule has 0 aliphatic heterocycles. The maximum Gasteiger partial charge on any atom is 1.00 e. The van der Waals surface area contributed by atoms with Gasteiger partial charge in [-0.15, -0.1) is 16.5 Å². The number of hydrogen-bond acceptors (Lipinski definition) is 18. The molecule has 0 fully saturated rings. The van der Waals surface area contributed by atoms with Gasteiger partial charge in [0.2, 0.25) is 11.9 Å². The first-order valence-electron chi connectivity index (χ1n) is 17.8. The second-order valence-electron chi connectivity index (χ2n) is 13.2. The maximum absolute atomic E-state index is 14.7. The van der Waals surface area contributed by atoms with Gasteiger partial charge in [0.1, 0.15) is 15.5 Å². The maximum atomic E-state index is 14.7. The van der Waals surface area contributed by atoms with E-state index in [0.717, 1.165) is 6.07 Å². The number of aryl methyl sites for hydroxylation is 1. The molecule has 348 valence electrons. The first-order valence-corrected chi connectivity index (χ1v) is 23.3. The van der Waals surface area contributed by atoms with E-state index in [9.17, 15) is 58.0 Å². The monoisotopic (exact) mass is 1030 g/mol. The Bertz CT molecular complexity index is 3240. The van der Waals surface area contributed by atoms with Crippen LogP contribution in [0.2, 0.25) is 0 Å². The van der Waals surface area contributed by atoms with Crippen molar-refractivity contribution in [2.24, 2.45) is 10.2 Å². The molecule has 0 amide bonds. The summed E-state index contributed by atoms with van der Waals surface area (Å²) in [4.78, 5) is 22.0. The van der Waals surface area contributed by atoms with E-state index in [1.807, 2.05) is 0 Å². The summed E-state index contributed by atoms with van der Waals surface area (Å²) in [6.07, 6.45) is -1.38. The van der Waals surface area contributed by atoms with Gasteiger partial charge in [-0.05, 0) is 42.1 Å². The molecule has 6 rings (SSSR count). The second kappa shape index (κ2) is 20.1. The standard InChI is InChI=1S/C36H33FN8O15S4.Cu/c1-19-15-26(39-25-10-6-5-9-23(25)33(47)48)31(22-8-4-3-7-21(19)22)44-43-27-18-28(62(50,51)52)24-16-20(17-29(63(53,54)55)30(24)32(27)46)38-35-40-34(37)41-36(42-35)45(2)11-14-61(49)59-12-13-60-64(56,57)58;/h3-10,15-18H,11-14H2,1-2H3,(H7,38,39,40,41,42,43,44,46,47,48,50,51,52,53,54,55,56,57,58);/q;+1/p-1. The summed E-state index contributed by atoms with van der Waals surface area (Å²) in [5.74, 6) is -3.57. The number of fused-ring (bicyclic) bond motifs is 2. The van der Waals surface area contributed by atoms with Crippen LogP contribution >= 0.6 is 0 Å². The van der Waals surface area contributed by atoms with E-state index in [4.69, 9.17) is 8.74 Å². The van der Waals surface area contributed by atoms with E-state index in [0.29, 0.717) is 28.5 Å². The molecule has 23 nitrogen and oxygen atoms in total. The van der Waals surface area contributed by atoms with Gasteiger partial charge in [-0.1, -0.05) is 48.5 Å². The van der Waals surface area contributed by atoms with Crippen LogP contribution in [0.4, 0.5) is 44.7 Å². The number of para-hydroxylation sites is 1. The Kier molecular flexibility index (Phi) is 15.5. The van der Waals surface area contributed by atoms with Crippen molar-refractivity contribution in [1.82, 2.24) is 15.0 Å². The zero-order valence-corrected chi connectivity index (χ0v) is 37.2. The van der Waals surface area contributed by atoms with Crippen molar-refractivity contribution < 1.29 is 88.0 Å². The Balaban J connectivity index is 0.00000793. The number of carbonyl (C=O) groups is 1. The van der Waals surface area contributed by atoms with Crippen LogP contribution in [0.15, 0.2) is 92.8 Å². The van der Waals surface area contributed by atoms with Gasteiger partial charge in [0.25, 0.3) is 20.2 Å². The molecule has 1 atom stereocenters. The van der Waals surface area contributed by atoms with Crippen LogP contribution in [0.25, 0.3) is 26.9 Å². The average Bonchev–Trinajstić information content (AvgIpc) is 3.20. The van der Waals surface area contributed by atoms with E-state index in [1.165, 1.54) is 30.1 Å². The molecule has 29 heteroatoms. The largest absolute Gasteiger partial charge is 1.00 e. The van der Waals surface area contributed by atoms with Crippen LogP contribution in [-0.2, 0) is 67.2 Å². The number of phenolic OH excluding ortho intramolecular Hbond substituents is 1. The molecule has 0 spiro atoms. The molecule has 6 aromatic rings. The normalized spacial score (nSPS) is 12.6. The van der Waals surface area contributed by atoms with Crippen LogP contribution in [0, 0.1) is 13.0 Å². The Morgan fingerprint density at radius 1 is 0.862 bits per heavy atom. The van der Waals surface area contributed by atoms with Gasteiger partial charge < -0.3 is 25.7 Å². The van der Waals surface area contributed by atoms with Crippen molar-refractivity contribution in [3.8, 4) is 5.75 Å². The number of phenols is 1. The molecule has 0 aliphatic rings. The quantitative estimate of drug-likeness (QED) is 0.0250. The molecule has 0 aliphatic carbocycles. The second-order valence-corrected chi connectivity index (χ2v) is 18.3. The molecule has 1 heterocycles. The summed E-state index contributed by atoms with van der Waals surface area (Å²) in [6, 6.07) is 16.5. The fourth-order valence-corrected chi connectivity index (χ4v) is 8.56. The van der Waals surface area contributed by atoms with E-state index in [2.05, 4.69) is 40.0 Å². The van der Waals surface area contributed by atoms with Crippen LogP contribution in [0.3, 0.4) is 0 Å². The van der Waals surface area contributed by atoms with E-state index >= 15 is 0 Å². The first-order chi connectivity index (χ1) is 30.0. The van der Waals surface area contributed by atoms with Crippen LogP contribution < -0.4 is 10.2 Å². The number of aromatic carboxylic acids is 1. The molecule has 1 unspecified atom stereocenters.